The minimum absolute atomic E-state index is 0.479. The maximum Gasteiger partial charge on any atom is 0.140 e. The first kappa shape index (κ1) is 13.1. The summed E-state index contributed by atoms with van der Waals surface area (Å²) in [6.07, 6.45) is 2.18. The summed E-state index contributed by atoms with van der Waals surface area (Å²) >= 11 is 0. The lowest BCUT2D eigenvalue weighted by molar-refractivity contribution is 0.786. The van der Waals surface area contributed by atoms with E-state index in [2.05, 4.69) is 64.3 Å². The molecule has 0 bridgehead atoms. The second-order valence-corrected chi connectivity index (χ2v) is 6.03. The van der Waals surface area contributed by atoms with Gasteiger partial charge in [0.05, 0.1) is 0 Å². The molecule has 0 saturated heterocycles. The lowest BCUT2D eigenvalue weighted by Gasteiger charge is -2.09. The van der Waals surface area contributed by atoms with Gasteiger partial charge in [-0.3, -0.25) is 0 Å². The summed E-state index contributed by atoms with van der Waals surface area (Å²) in [7, 11) is 0. The first-order chi connectivity index (χ1) is 8.41. The highest BCUT2D eigenvalue weighted by atomic mass is 15.0. The van der Waals surface area contributed by atoms with Crippen molar-refractivity contribution in [3.05, 3.63) is 35.3 Å². The second kappa shape index (κ2) is 4.75. The molecule has 98 valence electrons. The fourth-order valence-corrected chi connectivity index (χ4v) is 2.33. The van der Waals surface area contributed by atoms with Crippen LogP contribution in [0.15, 0.2) is 18.3 Å². The zero-order chi connectivity index (χ0) is 13.4. The van der Waals surface area contributed by atoms with Crippen molar-refractivity contribution in [2.24, 2.45) is 0 Å². The summed E-state index contributed by atoms with van der Waals surface area (Å²) in [4.78, 5) is 4.86. The molecule has 2 rings (SSSR count). The largest absolute Gasteiger partial charge is 0.305 e. The van der Waals surface area contributed by atoms with Crippen LogP contribution >= 0.6 is 0 Å². The van der Waals surface area contributed by atoms with Crippen molar-refractivity contribution in [3.8, 4) is 0 Å². The van der Waals surface area contributed by atoms with Gasteiger partial charge in [0.2, 0.25) is 0 Å². The number of fused-ring (bicyclic) bond motifs is 1. The van der Waals surface area contributed by atoms with Gasteiger partial charge < -0.3 is 4.40 Å². The molecule has 0 saturated carbocycles. The molecule has 2 aromatic rings. The highest BCUT2D eigenvalue weighted by Gasteiger charge is 2.16. The summed E-state index contributed by atoms with van der Waals surface area (Å²) in [5.74, 6) is 1.52. The number of hydrogen-bond acceptors (Lipinski definition) is 1. The Balaban J connectivity index is 2.71. The van der Waals surface area contributed by atoms with Gasteiger partial charge >= 0.3 is 0 Å². The molecular weight excluding hydrogens is 220 g/mol. The van der Waals surface area contributed by atoms with Crippen LogP contribution in [0.3, 0.4) is 0 Å². The lowest BCUT2D eigenvalue weighted by Crippen LogP contribution is -2.00. The van der Waals surface area contributed by atoms with Gasteiger partial charge in [0.15, 0.2) is 0 Å². The Bertz CT molecular complexity index is 547. The highest BCUT2D eigenvalue weighted by Crippen LogP contribution is 2.28. The predicted octanol–water partition coefficient (Wildman–Crippen LogP) is 4.70. The summed E-state index contributed by atoms with van der Waals surface area (Å²) in [5, 5.41) is 0. The normalized spacial score (nSPS) is 12.3. The molecule has 0 spiro atoms. The highest BCUT2D eigenvalue weighted by molar-refractivity contribution is 5.54. The van der Waals surface area contributed by atoms with Gasteiger partial charge in [0.25, 0.3) is 0 Å². The van der Waals surface area contributed by atoms with Crippen LogP contribution in [-0.2, 0) is 0 Å². The van der Waals surface area contributed by atoms with Gasteiger partial charge in [0.1, 0.15) is 5.65 Å². The van der Waals surface area contributed by atoms with Crippen molar-refractivity contribution < 1.29 is 0 Å². The third kappa shape index (κ3) is 2.16. The van der Waals surface area contributed by atoms with E-state index < -0.39 is 0 Å². The summed E-state index contributed by atoms with van der Waals surface area (Å²) in [6, 6.07) is 4.47. The Morgan fingerprint density at radius 3 is 2.11 bits per heavy atom. The topological polar surface area (TPSA) is 17.3 Å². The quantitative estimate of drug-likeness (QED) is 0.764. The average Bonchev–Trinajstić information content (AvgIpc) is 2.67. The molecule has 18 heavy (non-hydrogen) atoms. The standard InChI is InChI=1S/C16H24N2/c1-10(2)13-9-15(12(5)6)18-8-7-14(11(3)4)17-16(13)18/h7-12H,1-6H3. The first-order valence-corrected chi connectivity index (χ1v) is 6.93. The Labute approximate surface area is 110 Å². The van der Waals surface area contributed by atoms with Crippen LogP contribution in [0.5, 0.6) is 0 Å². The van der Waals surface area contributed by atoms with Gasteiger partial charge in [-0.25, -0.2) is 4.98 Å². The van der Waals surface area contributed by atoms with E-state index in [9.17, 15) is 0 Å². The monoisotopic (exact) mass is 244 g/mol. The molecule has 0 aliphatic carbocycles. The number of aromatic nitrogens is 2. The van der Waals surface area contributed by atoms with Gasteiger partial charge in [-0.15, -0.1) is 0 Å². The second-order valence-electron chi connectivity index (χ2n) is 6.03. The Hall–Kier alpha value is -1.31. The maximum atomic E-state index is 4.86. The molecule has 0 fully saturated rings. The molecule has 0 aromatic carbocycles. The molecule has 0 radical (unpaired) electrons. The van der Waals surface area contributed by atoms with E-state index in [0.29, 0.717) is 17.8 Å². The minimum atomic E-state index is 0.479. The van der Waals surface area contributed by atoms with Crippen molar-refractivity contribution in [2.75, 3.05) is 0 Å². The van der Waals surface area contributed by atoms with Gasteiger partial charge in [-0.2, -0.15) is 0 Å². The molecule has 0 unspecified atom stereocenters. The smallest absolute Gasteiger partial charge is 0.140 e. The summed E-state index contributed by atoms with van der Waals surface area (Å²) in [6.45, 7) is 13.3. The van der Waals surface area contributed by atoms with Crippen LogP contribution in [0.25, 0.3) is 5.65 Å². The number of rotatable bonds is 3. The molecule has 2 nitrogen and oxygen atoms in total. The molecule has 0 atom stereocenters. The zero-order valence-corrected chi connectivity index (χ0v) is 12.4. The molecule has 2 heteroatoms. The van der Waals surface area contributed by atoms with E-state index >= 15 is 0 Å². The van der Waals surface area contributed by atoms with E-state index in [1.54, 1.807) is 0 Å². The Morgan fingerprint density at radius 1 is 0.944 bits per heavy atom. The van der Waals surface area contributed by atoms with Crippen LogP contribution < -0.4 is 0 Å². The predicted molar refractivity (Wildman–Crippen MR) is 77.5 cm³/mol. The fourth-order valence-electron chi connectivity index (χ4n) is 2.33. The molecule has 2 heterocycles. The van der Waals surface area contributed by atoms with Crippen molar-refractivity contribution in [3.63, 3.8) is 0 Å². The van der Waals surface area contributed by atoms with E-state index in [1.165, 1.54) is 17.0 Å². The van der Waals surface area contributed by atoms with E-state index in [1.807, 2.05) is 0 Å². The van der Waals surface area contributed by atoms with Crippen LogP contribution in [0, 0.1) is 0 Å². The molecule has 0 N–H and O–H groups in total. The van der Waals surface area contributed by atoms with Gasteiger partial charge in [0, 0.05) is 17.6 Å². The van der Waals surface area contributed by atoms with Gasteiger partial charge in [-0.05, 0) is 35.4 Å². The Kier molecular flexibility index (Phi) is 3.47. The minimum Gasteiger partial charge on any atom is -0.305 e. The van der Waals surface area contributed by atoms with Crippen LogP contribution in [0.1, 0.15) is 76.2 Å². The van der Waals surface area contributed by atoms with Crippen molar-refractivity contribution >= 4 is 5.65 Å². The van der Waals surface area contributed by atoms with E-state index in [0.717, 1.165) is 5.65 Å². The van der Waals surface area contributed by atoms with Crippen molar-refractivity contribution in [2.45, 2.75) is 59.3 Å². The first-order valence-electron chi connectivity index (χ1n) is 6.93. The van der Waals surface area contributed by atoms with E-state index in [4.69, 9.17) is 4.98 Å². The van der Waals surface area contributed by atoms with Crippen LogP contribution in [-0.4, -0.2) is 9.38 Å². The van der Waals surface area contributed by atoms with Crippen LogP contribution in [0.2, 0.25) is 0 Å². The molecule has 0 amide bonds. The molecular formula is C16H24N2. The average molecular weight is 244 g/mol. The molecule has 0 aliphatic rings. The van der Waals surface area contributed by atoms with Crippen molar-refractivity contribution in [1.29, 1.82) is 0 Å². The molecule has 0 aliphatic heterocycles. The molecule has 2 aromatic heterocycles. The lowest BCUT2D eigenvalue weighted by atomic mass is 10.0. The van der Waals surface area contributed by atoms with E-state index in [-0.39, 0.29) is 0 Å². The van der Waals surface area contributed by atoms with Gasteiger partial charge in [-0.1, -0.05) is 41.5 Å². The fraction of sp³-hybridized carbons (Fsp3) is 0.562. The Morgan fingerprint density at radius 2 is 1.61 bits per heavy atom. The maximum absolute atomic E-state index is 4.86. The summed E-state index contributed by atoms with van der Waals surface area (Å²) in [5.41, 5.74) is 5.04. The SMILES string of the molecule is CC(C)c1ccn2c(C(C)C)cc(C(C)C)c2n1. The van der Waals surface area contributed by atoms with Crippen molar-refractivity contribution in [1.82, 2.24) is 9.38 Å². The third-order valence-corrected chi connectivity index (χ3v) is 3.50. The summed E-state index contributed by atoms with van der Waals surface area (Å²) < 4.78 is 2.26. The zero-order valence-electron chi connectivity index (χ0n) is 12.4. The third-order valence-electron chi connectivity index (χ3n) is 3.50. The number of hydrogen-bond donors (Lipinski definition) is 0. The van der Waals surface area contributed by atoms with Crippen LogP contribution in [0.4, 0.5) is 0 Å². The number of nitrogens with zero attached hydrogens (tertiary/aromatic N) is 2.